The Kier molecular flexibility index (Phi) is 5.15. The molecule has 3 rings (SSSR count). The minimum atomic E-state index is -0.837. The van der Waals surface area contributed by atoms with Gasteiger partial charge in [0.2, 0.25) is 5.91 Å². The van der Waals surface area contributed by atoms with Crippen molar-refractivity contribution in [3.63, 3.8) is 0 Å². The average Bonchev–Trinajstić information content (AvgIpc) is 2.75. The van der Waals surface area contributed by atoms with Crippen LogP contribution in [0.25, 0.3) is 0 Å². The second-order valence-electron chi connectivity index (χ2n) is 6.62. The van der Waals surface area contributed by atoms with Crippen LogP contribution in [0.1, 0.15) is 25.3 Å². The number of halogens is 1. The molecule has 3 atom stereocenters. The van der Waals surface area contributed by atoms with E-state index in [0.717, 1.165) is 18.7 Å². The highest BCUT2D eigenvalue weighted by molar-refractivity contribution is 5.88. The normalized spacial score (nSPS) is 27.1. The molecule has 0 saturated carbocycles. The van der Waals surface area contributed by atoms with Crippen molar-refractivity contribution in [2.75, 3.05) is 26.7 Å². The van der Waals surface area contributed by atoms with Crippen LogP contribution in [0.2, 0.25) is 0 Å². The van der Waals surface area contributed by atoms with Gasteiger partial charge in [0.1, 0.15) is 0 Å². The van der Waals surface area contributed by atoms with Crippen LogP contribution >= 0.6 is 12.4 Å². The summed E-state index contributed by atoms with van der Waals surface area (Å²) in [5.74, 6) is 0.0567. The van der Waals surface area contributed by atoms with E-state index in [4.69, 9.17) is 0 Å². The summed E-state index contributed by atoms with van der Waals surface area (Å²) in [5.41, 5.74) is 0.0557. The van der Waals surface area contributed by atoms with E-state index in [1.807, 2.05) is 42.2 Å². The number of likely N-dealkylation sites (N-methyl/N-ethyl adjacent to an activating group) is 1. The first-order chi connectivity index (χ1) is 10.1. The molecule has 1 aromatic carbocycles. The van der Waals surface area contributed by atoms with Crippen LogP contribution in [0.4, 0.5) is 0 Å². The Morgan fingerprint density at radius 3 is 2.27 bits per heavy atom. The number of nitrogens with zero attached hydrogens (tertiary/aromatic N) is 2. The molecule has 2 aliphatic rings. The van der Waals surface area contributed by atoms with Gasteiger partial charge in [0, 0.05) is 25.2 Å². The molecular weight excluding hydrogens is 300 g/mol. The molecular formula is C17H25ClN2O2. The molecule has 3 unspecified atom stereocenters. The molecule has 0 aromatic heterocycles. The number of aliphatic hydroxyl groups excluding tert-OH is 1. The van der Waals surface area contributed by atoms with Crippen LogP contribution < -0.4 is 0 Å². The van der Waals surface area contributed by atoms with Gasteiger partial charge >= 0.3 is 0 Å². The lowest BCUT2D eigenvalue weighted by Crippen LogP contribution is -2.58. The van der Waals surface area contributed by atoms with Gasteiger partial charge < -0.3 is 10.0 Å². The van der Waals surface area contributed by atoms with Gasteiger partial charge in [0.15, 0.2) is 0 Å². The zero-order valence-corrected chi connectivity index (χ0v) is 14.1. The standard InChI is InChI=1S/C17H24N2O2.ClH/c1-17(12-20,13-6-4-3-5-7-13)16(21)19-10-14-8-9-15(11-19)18(14)2;/h3-7,14-15,20H,8-12H2,1-2H3;1H. The topological polar surface area (TPSA) is 43.8 Å². The fraction of sp³-hybridized carbons (Fsp3) is 0.588. The zero-order chi connectivity index (χ0) is 15.0. The summed E-state index contributed by atoms with van der Waals surface area (Å²) in [6, 6.07) is 10.6. The van der Waals surface area contributed by atoms with Gasteiger partial charge in [0.05, 0.1) is 12.0 Å². The highest BCUT2D eigenvalue weighted by Crippen LogP contribution is 2.32. The SMILES string of the molecule is CN1C2CCC1CN(C(=O)C(C)(CO)c1ccccc1)C2.Cl. The molecule has 0 radical (unpaired) electrons. The van der Waals surface area contributed by atoms with E-state index in [1.165, 1.54) is 12.8 Å². The van der Waals surface area contributed by atoms with Crippen LogP contribution in [0, 0.1) is 0 Å². The molecule has 2 aliphatic heterocycles. The fourth-order valence-corrected chi connectivity index (χ4v) is 3.72. The Hall–Kier alpha value is -1.10. The number of amides is 1. The van der Waals surface area contributed by atoms with Crippen LogP contribution in [0.5, 0.6) is 0 Å². The van der Waals surface area contributed by atoms with Gasteiger partial charge in [-0.15, -0.1) is 12.4 Å². The van der Waals surface area contributed by atoms with Crippen molar-refractivity contribution in [1.82, 2.24) is 9.80 Å². The van der Waals surface area contributed by atoms with Gasteiger partial charge in [0.25, 0.3) is 0 Å². The van der Waals surface area contributed by atoms with Gasteiger partial charge in [-0.25, -0.2) is 0 Å². The Morgan fingerprint density at radius 2 is 1.77 bits per heavy atom. The molecule has 4 nitrogen and oxygen atoms in total. The molecule has 1 amide bonds. The number of carbonyl (C=O) groups excluding carboxylic acids is 1. The maximum Gasteiger partial charge on any atom is 0.235 e. The summed E-state index contributed by atoms with van der Waals surface area (Å²) < 4.78 is 0. The maximum atomic E-state index is 13.0. The van der Waals surface area contributed by atoms with E-state index < -0.39 is 5.41 Å². The lowest BCUT2D eigenvalue weighted by molar-refractivity contribution is -0.141. The number of rotatable bonds is 3. The predicted octanol–water partition coefficient (Wildman–Crippen LogP) is 1.66. The Morgan fingerprint density at radius 1 is 1.23 bits per heavy atom. The summed E-state index contributed by atoms with van der Waals surface area (Å²) in [6.07, 6.45) is 2.35. The first-order valence-electron chi connectivity index (χ1n) is 7.74. The predicted molar refractivity (Wildman–Crippen MR) is 89.3 cm³/mol. The maximum absolute atomic E-state index is 13.0. The number of hydrogen-bond donors (Lipinski definition) is 1. The largest absolute Gasteiger partial charge is 0.395 e. The molecule has 0 spiro atoms. The van der Waals surface area contributed by atoms with Gasteiger partial charge in [-0.2, -0.15) is 0 Å². The van der Waals surface area contributed by atoms with E-state index in [-0.39, 0.29) is 24.9 Å². The average molecular weight is 325 g/mol. The van der Waals surface area contributed by atoms with Gasteiger partial charge in [-0.1, -0.05) is 30.3 Å². The molecule has 1 aromatic rings. The van der Waals surface area contributed by atoms with Gasteiger partial charge in [-0.3, -0.25) is 9.69 Å². The number of likely N-dealkylation sites (tertiary alicyclic amines) is 1. The van der Waals surface area contributed by atoms with E-state index in [2.05, 4.69) is 11.9 Å². The van der Waals surface area contributed by atoms with Crippen molar-refractivity contribution in [1.29, 1.82) is 0 Å². The minimum Gasteiger partial charge on any atom is -0.395 e. The summed E-state index contributed by atoms with van der Waals surface area (Å²) in [6.45, 7) is 3.27. The van der Waals surface area contributed by atoms with E-state index in [1.54, 1.807) is 0 Å². The number of carbonyl (C=O) groups is 1. The lowest BCUT2D eigenvalue weighted by atomic mass is 9.81. The highest BCUT2D eigenvalue weighted by Gasteiger charge is 2.44. The quantitative estimate of drug-likeness (QED) is 0.919. The summed E-state index contributed by atoms with van der Waals surface area (Å²) in [5, 5.41) is 9.88. The number of hydrogen-bond acceptors (Lipinski definition) is 3. The molecule has 122 valence electrons. The minimum absolute atomic E-state index is 0. The third-order valence-corrected chi connectivity index (χ3v) is 5.33. The van der Waals surface area contributed by atoms with Crippen LogP contribution in [0.15, 0.2) is 30.3 Å². The molecule has 2 heterocycles. The lowest BCUT2D eigenvalue weighted by Gasteiger charge is -2.42. The van der Waals surface area contributed by atoms with Crippen molar-refractivity contribution < 1.29 is 9.90 Å². The van der Waals surface area contributed by atoms with Crippen molar-refractivity contribution in [3.8, 4) is 0 Å². The highest BCUT2D eigenvalue weighted by atomic mass is 35.5. The van der Waals surface area contributed by atoms with Crippen LogP contribution in [0.3, 0.4) is 0 Å². The molecule has 22 heavy (non-hydrogen) atoms. The third-order valence-electron chi connectivity index (χ3n) is 5.33. The monoisotopic (exact) mass is 324 g/mol. The van der Waals surface area contributed by atoms with Crippen molar-refractivity contribution in [2.45, 2.75) is 37.3 Å². The Labute approximate surface area is 138 Å². The molecule has 2 bridgehead atoms. The fourth-order valence-electron chi connectivity index (χ4n) is 3.72. The first-order valence-corrected chi connectivity index (χ1v) is 7.74. The number of piperazine rings is 1. The smallest absolute Gasteiger partial charge is 0.235 e. The Balaban J connectivity index is 0.00000176. The number of aliphatic hydroxyl groups is 1. The van der Waals surface area contributed by atoms with E-state index >= 15 is 0 Å². The van der Waals surface area contributed by atoms with Crippen LogP contribution in [-0.4, -0.2) is 59.6 Å². The Bertz CT molecular complexity index is 511. The zero-order valence-electron chi connectivity index (χ0n) is 13.2. The molecule has 0 aliphatic carbocycles. The molecule has 2 saturated heterocycles. The van der Waals surface area contributed by atoms with Crippen LogP contribution in [-0.2, 0) is 10.2 Å². The first kappa shape index (κ1) is 17.3. The summed E-state index contributed by atoms with van der Waals surface area (Å²) >= 11 is 0. The molecule has 2 fully saturated rings. The third kappa shape index (κ3) is 2.75. The van der Waals surface area contributed by atoms with Crippen molar-refractivity contribution in [2.24, 2.45) is 0 Å². The summed E-state index contributed by atoms with van der Waals surface area (Å²) in [7, 11) is 2.16. The van der Waals surface area contributed by atoms with Gasteiger partial charge in [-0.05, 0) is 32.4 Å². The second kappa shape index (κ2) is 6.57. The van der Waals surface area contributed by atoms with Crippen molar-refractivity contribution >= 4 is 18.3 Å². The number of benzene rings is 1. The van der Waals surface area contributed by atoms with E-state index in [9.17, 15) is 9.90 Å². The van der Waals surface area contributed by atoms with E-state index in [0.29, 0.717) is 12.1 Å². The second-order valence-corrected chi connectivity index (χ2v) is 6.62. The molecule has 1 N–H and O–H groups in total. The van der Waals surface area contributed by atoms with Crippen molar-refractivity contribution in [3.05, 3.63) is 35.9 Å². The number of fused-ring (bicyclic) bond motifs is 2. The summed E-state index contributed by atoms with van der Waals surface area (Å²) in [4.78, 5) is 17.4. The molecule has 5 heteroatoms.